The largest absolute Gasteiger partial charge is 0.462 e. The van der Waals surface area contributed by atoms with E-state index in [-0.39, 0.29) is 10.8 Å². The molecule has 1 aromatic heterocycles. The summed E-state index contributed by atoms with van der Waals surface area (Å²) in [6, 6.07) is 1.60. The molecule has 1 aliphatic rings. The van der Waals surface area contributed by atoms with Gasteiger partial charge in [0.1, 0.15) is 5.69 Å². The predicted molar refractivity (Wildman–Crippen MR) is 98.9 cm³/mol. The van der Waals surface area contributed by atoms with Gasteiger partial charge >= 0.3 is 5.97 Å². The van der Waals surface area contributed by atoms with Gasteiger partial charge in [0, 0.05) is 0 Å². The van der Waals surface area contributed by atoms with Crippen molar-refractivity contribution >= 4 is 5.97 Å². The van der Waals surface area contributed by atoms with Crippen LogP contribution in [0.5, 0.6) is 0 Å². The van der Waals surface area contributed by atoms with E-state index in [0.717, 1.165) is 6.42 Å². The summed E-state index contributed by atoms with van der Waals surface area (Å²) in [5.74, 6) is 5.50. The van der Waals surface area contributed by atoms with Crippen molar-refractivity contribution in [1.82, 2.24) is 10.2 Å². The fraction of sp³-hybridized carbons (Fsp3) is 0.476. The standard InChI is InChI=1S/C21H26N2O2/c1-6-25-19(24)16-13-18(23-22-15-16)10-8-7-9-17-14-20(2,3)11-12-21(17,4)5/h7,9,13-15H,6,11-12H2,1-5H3. The molecule has 0 fully saturated rings. The van der Waals surface area contributed by atoms with Crippen molar-refractivity contribution in [2.75, 3.05) is 6.61 Å². The Bertz CT molecular complexity index is 762. The molecule has 0 saturated heterocycles. The Kier molecular flexibility index (Phi) is 5.79. The topological polar surface area (TPSA) is 52.1 Å². The van der Waals surface area contributed by atoms with Crippen LogP contribution in [0, 0.1) is 22.7 Å². The zero-order valence-corrected chi connectivity index (χ0v) is 15.7. The van der Waals surface area contributed by atoms with Crippen LogP contribution in [0.15, 0.2) is 36.1 Å². The van der Waals surface area contributed by atoms with Crippen molar-refractivity contribution in [3.05, 3.63) is 47.3 Å². The maximum absolute atomic E-state index is 11.7. The second-order valence-electron chi connectivity index (χ2n) is 7.62. The van der Waals surface area contributed by atoms with Crippen molar-refractivity contribution in [3.8, 4) is 11.8 Å². The van der Waals surface area contributed by atoms with Gasteiger partial charge in [0.25, 0.3) is 0 Å². The third-order valence-electron chi connectivity index (χ3n) is 4.43. The summed E-state index contributed by atoms with van der Waals surface area (Å²) < 4.78 is 4.95. The number of allylic oxidation sites excluding steroid dienone is 4. The molecular formula is C21H26N2O2. The van der Waals surface area contributed by atoms with E-state index in [2.05, 4.69) is 61.9 Å². The van der Waals surface area contributed by atoms with Gasteiger partial charge in [0.2, 0.25) is 0 Å². The molecule has 4 heteroatoms. The summed E-state index contributed by atoms with van der Waals surface area (Å²) in [7, 11) is 0. The summed E-state index contributed by atoms with van der Waals surface area (Å²) in [6.45, 7) is 11.1. The number of hydrogen-bond acceptors (Lipinski definition) is 4. The highest BCUT2D eigenvalue weighted by atomic mass is 16.5. The summed E-state index contributed by atoms with van der Waals surface area (Å²) in [5.41, 5.74) is 2.51. The Labute approximate surface area is 150 Å². The van der Waals surface area contributed by atoms with E-state index in [0.29, 0.717) is 17.9 Å². The normalized spacial score (nSPS) is 18.2. The quantitative estimate of drug-likeness (QED) is 0.608. The zero-order chi connectivity index (χ0) is 18.5. The SMILES string of the molecule is CCOC(=O)c1cnnc(C#CC=CC2=CC(C)(C)CCC2(C)C)c1. The van der Waals surface area contributed by atoms with Crippen LogP contribution < -0.4 is 0 Å². The number of ether oxygens (including phenoxy) is 1. The molecule has 0 spiro atoms. The number of nitrogens with zero attached hydrogens (tertiary/aromatic N) is 2. The highest BCUT2D eigenvalue weighted by Gasteiger charge is 2.31. The molecule has 0 unspecified atom stereocenters. The molecule has 0 radical (unpaired) electrons. The number of aromatic nitrogens is 2. The van der Waals surface area contributed by atoms with Crippen molar-refractivity contribution in [2.24, 2.45) is 10.8 Å². The first-order valence-corrected chi connectivity index (χ1v) is 8.65. The molecule has 4 nitrogen and oxygen atoms in total. The number of esters is 1. The van der Waals surface area contributed by atoms with Gasteiger partial charge in [-0.05, 0) is 54.2 Å². The van der Waals surface area contributed by atoms with Gasteiger partial charge in [0.15, 0.2) is 0 Å². The van der Waals surface area contributed by atoms with Crippen LogP contribution in [0.3, 0.4) is 0 Å². The minimum atomic E-state index is -0.410. The van der Waals surface area contributed by atoms with E-state index in [9.17, 15) is 4.79 Å². The number of carbonyl (C=O) groups excluding carboxylic acids is 1. The molecule has 1 aliphatic carbocycles. The van der Waals surface area contributed by atoms with Crippen LogP contribution in [-0.4, -0.2) is 22.8 Å². The molecule has 0 amide bonds. The van der Waals surface area contributed by atoms with Gasteiger partial charge in [-0.25, -0.2) is 4.79 Å². The average molecular weight is 338 g/mol. The zero-order valence-electron chi connectivity index (χ0n) is 15.7. The molecule has 1 heterocycles. The van der Waals surface area contributed by atoms with E-state index >= 15 is 0 Å². The predicted octanol–water partition coefficient (Wildman–Crippen LogP) is 4.33. The van der Waals surface area contributed by atoms with Crippen LogP contribution >= 0.6 is 0 Å². The number of rotatable bonds is 3. The summed E-state index contributed by atoms with van der Waals surface area (Å²) in [4.78, 5) is 11.7. The lowest BCUT2D eigenvalue weighted by Gasteiger charge is -2.37. The van der Waals surface area contributed by atoms with Crippen molar-refractivity contribution in [3.63, 3.8) is 0 Å². The Morgan fingerprint density at radius 2 is 2.08 bits per heavy atom. The highest BCUT2D eigenvalue weighted by Crippen LogP contribution is 2.44. The van der Waals surface area contributed by atoms with Gasteiger partial charge in [-0.3, -0.25) is 0 Å². The molecular weight excluding hydrogens is 312 g/mol. The van der Waals surface area contributed by atoms with Gasteiger partial charge in [0.05, 0.1) is 18.4 Å². The molecule has 0 saturated carbocycles. The van der Waals surface area contributed by atoms with E-state index in [4.69, 9.17) is 4.74 Å². The van der Waals surface area contributed by atoms with Crippen molar-refractivity contribution in [2.45, 2.75) is 47.5 Å². The fourth-order valence-electron chi connectivity index (χ4n) is 2.74. The Morgan fingerprint density at radius 1 is 1.32 bits per heavy atom. The minimum absolute atomic E-state index is 0.164. The van der Waals surface area contributed by atoms with Crippen LogP contribution in [-0.2, 0) is 4.74 Å². The van der Waals surface area contributed by atoms with E-state index in [1.807, 2.05) is 6.08 Å². The average Bonchev–Trinajstić information content (AvgIpc) is 2.55. The maximum atomic E-state index is 11.7. The second-order valence-corrected chi connectivity index (χ2v) is 7.62. The third-order valence-corrected chi connectivity index (χ3v) is 4.43. The van der Waals surface area contributed by atoms with Crippen LogP contribution in [0.1, 0.15) is 63.5 Å². The molecule has 1 aromatic rings. The lowest BCUT2D eigenvalue weighted by molar-refractivity contribution is 0.0525. The summed E-state index contributed by atoms with van der Waals surface area (Å²) in [6.07, 6.45) is 10.0. The Morgan fingerprint density at radius 3 is 2.80 bits per heavy atom. The number of carbonyl (C=O) groups is 1. The van der Waals surface area contributed by atoms with Crippen LogP contribution in [0.4, 0.5) is 0 Å². The van der Waals surface area contributed by atoms with E-state index in [1.54, 1.807) is 13.0 Å². The molecule has 25 heavy (non-hydrogen) atoms. The molecule has 2 rings (SSSR count). The van der Waals surface area contributed by atoms with Crippen LogP contribution in [0.25, 0.3) is 0 Å². The van der Waals surface area contributed by atoms with E-state index in [1.165, 1.54) is 18.2 Å². The van der Waals surface area contributed by atoms with Gasteiger partial charge in [-0.1, -0.05) is 45.8 Å². The summed E-state index contributed by atoms with van der Waals surface area (Å²) >= 11 is 0. The minimum Gasteiger partial charge on any atom is -0.462 e. The number of hydrogen-bond donors (Lipinski definition) is 0. The Hall–Kier alpha value is -2.41. The van der Waals surface area contributed by atoms with Gasteiger partial charge < -0.3 is 4.74 Å². The van der Waals surface area contributed by atoms with Crippen molar-refractivity contribution in [1.29, 1.82) is 0 Å². The van der Waals surface area contributed by atoms with Crippen LogP contribution in [0.2, 0.25) is 0 Å². The second kappa shape index (κ2) is 7.65. The maximum Gasteiger partial charge on any atom is 0.339 e. The summed E-state index contributed by atoms with van der Waals surface area (Å²) in [5, 5.41) is 7.75. The smallest absolute Gasteiger partial charge is 0.339 e. The first-order chi connectivity index (χ1) is 11.7. The lowest BCUT2D eigenvalue weighted by Crippen LogP contribution is -2.25. The fourth-order valence-corrected chi connectivity index (χ4v) is 2.74. The molecule has 132 valence electrons. The lowest BCUT2D eigenvalue weighted by atomic mass is 9.67. The Balaban J connectivity index is 2.14. The third kappa shape index (κ3) is 5.29. The van der Waals surface area contributed by atoms with Gasteiger partial charge in [-0.15, -0.1) is 5.10 Å². The molecule has 0 aliphatic heterocycles. The molecule has 0 aromatic carbocycles. The monoisotopic (exact) mass is 338 g/mol. The van der Waals surface area contributed by atoms with Gasteiger partial charge in [-0.2, -0.15) is 5.10 Å². The van der Waals surface area contributed by atoms with Crippen molar-refractivity contribution < 1.29 is 9.53 Å². The van der Waals surface area contributed by atoms with E-state index < -0.39 is 5.97 Å². The first kappa shape index (κ1) is 18.9. The molecule has 0 atom stereocenters. The molecule has 0 bridgehead atoms. The molecule has 0 N–H and O–H groups in total. The first-order valence-electron chi connectivity index (χ1n) is 8.65. The highest BCUT2D eigenvalue weighted by molar-refractivity contribution is 5.89.